The first-order valence-corrected chi connectivity index (χ1v) is 12.7. The molecule has 2 amide bonds. The maximum absolute atomic E-state index is 12.4. The van der Waals surface area contributed by atoms with E-state index in [4.69, 9.17) is 23.7 Å². The second-order valence-corrected chi connectivity index (χ2v) is 9.00. The fourth-order valence-corrected chi connectivity index (χ4v) is 4.21. The quantitative estimate of drug-likeness (QED) is 0.124. The van der Waals surface area contributed by atoms with Gasteiger partial charge in [-0.15, -0.1) is 0 Å². The number of hydrazone groups is 1. The van der Waals surface area contributed by atoms with E-state index in [2.05, 4.69) is 37.1 Å². The fourth-order valence-electron chi connectivity index (χ4n) is 3.78. The number of ether oxygens (including phenoxy) is 5. The molecule has 2 aromatic carbocycles. The van der Waals surface area contributed by atoms with Crippen molar-refractivity contribution in [3.63, 3.8) is 0 Å². The van der Waals surface area contributed by atoms with Crippen LogP contribution in [-0.2, 0) is 9.53 Å². The van der Waals surface area contributed by atoms with Gasteiger partial charge in [-0.25, -0.2) is 9.59 Å². The minimum atomic E-state index is -1.14. The molecule has 1 aliphatic rings. The van der Waals surface area contributed by atoms with Crippen molar-refractivity contribution in [1.82, 2.24) is 16.1 Å². The molecule has 12 nitrogen and oxygen atoms in total. The van der Waals surface area contributed by atoms with Crippen LogP contribution in [-0.4, -0.2) is 64.1 Å². The zero-order valence-corrected chi connectivity index (χ0v) is 23.7. The Labute approximate surface area is 234 Å². The van der Waals surface area contributed by atoms with Gasteiger partial charge in [0.1, 0.15) is 6.61 Å². The molecular weight excluding hydrogens is 576 g/mol. The van der Waals surface area contributed by atoms with Crippen LogP contribution in [0.5, 0.6) is 23.0 Å². The van der Waals surface area contributed by atoms with Gasteiger partial charge >= 0.3 is 12.0 Å². The summed E-state index contributed by atoms with van der Waals surface area (Å²) in [5, 5.41) is 19.7. The summed E-state index contributed by atoms with van der Waals surface area (Å²) >= 11 is 3.45. The lowest BCUT2D eigenvalue weighted by Crippen LogP contribution is -2.45. The monoisotopic (exact) mass is 606 g/mol. The van der Waals surface area contributed by atoms with Gasteiger partial charge in [-0.3, -0.25) is 5.43 Å². The molecule has 4 N–H and O–H groups in total. The average molecular weight is 607 g/mol. The van der Waals surface area contributed by atoms with Crippen LogP contribution < -0.4 is 35.0 Å². The summed E-state index contributed by atoms with van der Waals surface area (Å²) in [7, 11) is 4.35. The molecule has 0 aromatic heterocycles. The minimum Gasteiger partial charge on any atom is -0.493 e. The van der Waals surface area contributed by atoms with E-state index in [1.54, 1.807) is 44.4 Å². The van der Waals surface area contributed by atoms with Gasteiger partial charge in [-0.2, -0.15) is 5.10 Å². The molecule has 0 aliphatic carbocycles. The Bertz CT molecular complexity index is 1270. The molecule has 39 heavy (non-hydrogen) atoms. The summed E-state index contributed by atoms with van der Waals surface area (Å²) in [5.74, 6) is 1.25. The fraction of sp³-hybridized carbons (Fsp3) is 0.346. The number of allylic oxidation sites excluding steroid dienone is 1. The van der Waals surface area contributed by atoms with Crippen molar-refractivity contribution < 1.29 is 38.4 Å². The lowest BCUT2D eigenvalue weighted by Gasteiger charge is -2.28. The number of urea groups is 1. The van der Waals surface area contributed by atoms with Crippen molar-refractivity contribution in [2.75, 3.05) is 34.5 Å². The van der Waals surface area contributed by atoms with E-state index in [0.29, 0.717) is 46.4 Å². The summed E-state index contributed by atoms with van der Waals surface area (Å²) in [6, 6.07) is 7.28. The molecule has 13 heteroatoms. The van der Waals surface area contributed by atoms with Crippen molar-refractivity contribution >= 4 is 34.1 Å². The first-order valence-electron chi connectivity index (χ1n) is 11.9. The van der Waals surface area contributed by atoms with E-state index in [1.807, 2.05) is 6.92 Å². The Morgan fingerprint density at radius 2 is 1.85 bits per heavy atom. The third kappa shape index (κ3) is 7.33. The van der Waals surface area contributed by atoms with Crippen LogP contribution in [0, 0.1) is 0 Å². The Morgan fingerprint density at radius 3 is 2.51 bits per heavy atom. The molecule has 0 saturated carbocycles. The van der Waals surface area contributed by atoms with Crippen LogP contribution in [0.1, 0.15) is 31.0 Å². The summed E-state index contributed by atoms with van der Waals surface area (Å²) in [6.45, 7) is 3.62. The van der Waals surface area contributed by atoms with Crippen LogP contribution >= 0.6 is 15.9 Å². The highest BCUT2D eigenvalue weighted by Crippen LogP contribution is 2.35. The number of amides is 2. The van der Waals surface area contributed by atoms with Gasteiger partial charge in [-0.1, -0.05) is 6.07 Å². The van der Waals surface area contributed by atoms with Crippen molar-refractivity contribution in [3.05, 3.63) is 57.2 Å². The highest BCUT2D eigenvalue weighted by Gasteiger charge is 2.32. The zero-order chi connectivity index (χ0) is 28.5. The van der Waals surface area contributed by atoms with E-state index in [9.17, 15) is 14.7 Å². The highest BCUT2D eigenvalue weighted by atomic mass is 79.9. The maximum Gasteiger partial charge on any atom is 0.337 e. The second-order valence-electron chi connectivity index (χ2n) is 8.14. The number of nitrogens with one attached hydrogen (secondary N) is 3. The molecule has 0 fully saturated rings. The lowest BCUT2D eigenvalue weighted by atomic mass is 9.95. The van der Waals surface area contributed by atoms with E-state index in [0.717, 1.165) is 4.47 Å². The van der Waals surface area contributed by atoms with Crippen molar-refractivity contribution in [1.29, 1.82) is 0 Å². The number of benzene rings is 2. The minimum absolute atomic E-state index is 0.152. The number of aliphatic hydroxyl groups is 1. The van der Waals surface area contributed by atoms with Gasteiger partial charge in [0.2, 0.25) is 0 Å². The Kier molecular flexibility index (Phi) is 10.4. The molecule has 0 radical (unpaired) electrons. The molecule has 0 unspecified atom stereocenters. The lowest BCUT2D eigenvalue weighted by molar-refractivity contribution is -0.136. The van der Waals surface area contributed by atoms with Crippen molar-refractivity contribution in [2.45, 2.75) is 26.1 Å². The van der Waals surface area contributed by atoms with Gasteiger partial charge in [0.25, 0.3) is 0 Å². The van der Waals surface area contributed by atoms with E-state index in [-0.39, 0.29) is 12.2 Å². The van der Waals surface area contributed by atoms with Gasteiger partial charge in [0.15, 0.2) is 29.2 Å². The molecule has 0 spiro atoms. The number of rotatable bonds is 12. The smallest absolute Gasteiger partial charge is 0.337 e. The molecule has 0 bridgehead atoms. The van der Waals surface area contributed by atoms with Crippen LogP contribution in [0.3, 0.4) is 0 Å². The van der Waals surface area contributed by atoms with Crippen LogP contribution in [0.25, 0.3) is 0 Å². The predicted molar refractivity (Wildman–Crippen MR) is 146 cm³/mol. The standard InChI is InChI=1S/C26H31BrN4O8/c1-6-38-21-9-15(24-23(25(33)37-5)14(2)29-26(34)30-24)7-8-18(21)39-13-22(32)31-28-12-16-10-19(35-3)20(36-4)11-17(16)27/h7-12,22,24,31-32H,6,13H2,1-5H3,(H2,29,30,34)/b28-12-/t22-,24+/m1/s1. The topological polar surface area (TPSA) is 149 Å². The maximum atomic E-state index is 12.4. The van der Waals surface area contributed by atoms with Crippen LogP contribution in [0.2, 0.25) is 0 Å². The number of halogens is 1. The number of nitrogens with zero attached hydrogens (tertiary/aromatic N) is 1. The van der Waals surface area contributed by atoms with Crippen molar-refractivity contribution in [3.8, 4) is 23.0 Å². The number of carbonyl (C=O) groups excluding carboxylic acids is 2. The molecule has 1 aliphatic heterocycles. The number of esters is 1. The van der Waals surface area contributed by atoms with Crippen LogP contribution in [0.4, 0.5) is 4.79 Å². The third-order valence-corrected chi connectivity index (χ3v) is 6.29. The third-order valence-electron chi connectivity index (χ3n) is 5.60. The molecule has 3 rings (SSSR count). The highest BCUT2D eigenvalue weighted by molar-refractivity contribution is 9.10. The summed E-state index contributed by atoms with van der Waals surface area (Å²) in [4.78, 5) is 24.5. The predicted octanol–water partition coefficient (Wildman–Crippen LogP) is 2.99. The van der Waals surface area contributed by atoms with E-state index in [1.165, 1.54) is 20.4 Å². The summed E-state index contributed by atoms with van der Waals surface area (Å²) in [6.07, 6.45) is 0.367. The first kappa shape index (κ1) is 29.6. The number of aliphatic hydroxyl groups excluding tert-OH is 1. The molecular formula is C26H31BrN4O8. The molecule has 1 heterocycles. The van der Waals surface area contributed by atoms with Gasteiger partial charge in [0, 0.05) is 15.7 Å². The van der Waals surface area contributed by atoms with Crippen molar-refractivity contribution in [2.24, 2.45) is 5.10 Å². The van der Waals surface area contributed by atoms with E-state index < -0.39 is 24.3 Å². The summed E-state index contributed by atoms with van der Waals surface area (Å²) < 4.78 is 27.7. The largest absolute Gasteiger partial charge is 0.493 e. The Balaban J connectivity index is 1.71. The number of hydrogen-bond donors (Lipinski definition) is 4. The van der Waals surface area contributed by atoms with Gasteiger partial charge < -0.3 is 39.4 Å². The molecule has 2 aromatic rings. The number of hydrogen-bond acceptors (Lipinski definition) is 10. The zero-order valence-electron chi connectivity index (χ0n) is 22.2. The van der Waals surface area contributed by atoms with Gasteiger partial charge in [0.05, 0.1) is 45.8 Å². The average Bonchev–Trinajstić information content (AvgIpc) is 2.92. The molecule has 210 valence electrons. The SMILES string of the molecule is CCOc1cc([C@@H]2NC(=O)NC(C)=C2C(=O)OC)ccc1OC[C@@H](O)N/N=C\c1cc(OC)c(OC)cc1Br. The molecule has 2 atom stereocenters. The van der Waals surface area contributed by atoms with Crippen LogP contribution in [0.15, 0.2) is 51.2 Å². The molecule has 0 saturated heterocycles. The Hall–Kier alpha value is -3.97. The van der Waals surface area contributed by atoms with Gasteiger partial charge in [-0.05, 0) is 59.6 Å². The normalized spacial score (nSPS) is 15.8. The number of carbonyl (C=O) groups is 2. The Morgan fingerprint density at radius 1 is 1.13 bits per heavy atom. The summed E-state index contributed by atoms with van der Waals surface area (Å²) in [5.41, 5.74) is 4.55. The second kappa shape index (κ2) is 13.7. The number of methoxy groups -OCH3 is 3. The van der Waals surface area contributed by atoms with E-state index >= 15 is 0 Å². The first-order chi connectivity index (χ1) is 18.7.